The maximum Gasteiger partial charge on any atom is 0.0642 e. The van der Waals surface area contributed by atoms with Gasteiger partial charge in [-0.25, -0.2) is 0 Å². The van der Waals surface area contributed by atoms with Crippen LogP contribution in [0, 0.1) is 5.92 Å². The molecule has 0 spiro atoms. The first-order valence-corrected chi connectivity index (χ1v) is 8.09. The highest BCUT2D eigenvalue weighted by molar-refractivity contribution is 6.33. The molecular formula is C17H30ClN3. The van der Waals surface area contributed by atoms with E-state index in [1.54, 1.807) is 0 Å². The Balaban J connectivity index is 2.95. The van der Waals surface area contributed by atoms with Gasteiger partial charge in [-0.3, -0.25) is 0 Å². The molecule has 3 nitrogen and oxygen atoms in total. The zero-order valence-electron chi connectivity index (χ0n) is 14.3. The number of halogens is 1. The van der Waals surface area contributed by atoms with Crippen molar-refractivity contribution in [2.75, 3.05) is 45.7 Å². The van der Waals surface area contributed by atoms with E-state index in [0.29, 0.717) is 12.0 Å². The number of nitrogens with zero attached hydrogens (tertiary/aromatic N) is 2. The molecule has 4 heteroatoms. The minimum Gasteiger partial charge on any atom is -0.369 e. The quantitative estimate of drug-likeness (QED) is 0.790. The molecule has 1 rings (SSSR count). The number of hydrogen-bond donors (Lipinski definition) is 1. The molecule has 120 valence electrons. The Morgan fingerprint density at radius 2 is 1.81 bits per heavy atom. The van der Waals surface area contributed by atoms with E-state index < -0.39 is 0 Å². The maximum absolute atomic E-state index is 6.54. The van der Waals surface area contributed by atoms with Crippen molar-refractivity contribution >= 4 is 17.3 Å². The van der Waals surface area contributed by atoms with Crippen molar-refractivity contribution in [3.05, 3.63) is 28.8 Å². The van der Waals surface area contributed by atoms with E-state index in [4.69, 9.17) is 11.6 Å². The van der Waals surface area contributed by atoms with Crippen LogP contribution in [0.15, 0.2) is 18.2 Å². The van der Waals surface area contributed by atoms with E-state index in [0.717, 1.165) is 30.3 Å². The minimum absolute atomic E-state index is 0.317. The third kappa shape index (κ3) is 5.85. The van der Waals surface area contributed by atoms with Gasteiger partial charge in [0.25, 0.3) is 0 Å². The molecule has 0 heterocycles. The van der Waals surface area contributed by atoms with Crippen molar-refractivity contribution in [1.82, 2.24) is 10.2 Å². The Kier molecular flexibility index (Phi) is 7.50. The highest BCUT2D eigenvalue weighted by Gasteiger charge is 2.14. The average Bonchev–Trinajstić information content (AvgIpc) is 2.42. The summed E-state index contributed by atoms with van der Waals surface area (Å²) >= 11 is 6.54. The lowest BCUT2D eigenvalue weighted by atomic mass is 10.1. The Hall–Kier alpha value is -0.770. The van der Waals surface area contributed by atoms with Crippen LogP contribution in [0.25, 0.3) is 0 Å². The Bertz CT molecular complexity index is 432. The van der Waals surface area contributed by atoms with E-state index in [9.17, 15) is 0 Å². The fraction of sp³-hybridized carbons (Fsp3) is 0.647. The molecule has 1 atom stereocenters. The van der Waals surface area contributed by atoms with Crippen molar-refractivity contribution in [3.8, 4) is 0 Å². The summed E-state index contributed by atoms with van der Waals surface area (Å²) < 4.78 is 0. The summed E-state index contributed by atoms with van der Waals surface area (Å²) in [4.78, 5) is 4.60. The first kappa shape index (κ1) is 18.3. The van der Waals surface area contributed by atoms with Gasteiger partial charge in [-0.2, -0.15) is 0 Å². The van der Waals surface area contributed by atoms with Crippen molar-refractivity contribution < 1.29 is 0 Å². The zero-order valence-corrected chi connectivity index (χ0v) is 15.0. The molecule has 0 bridgehead atoms. The summed E-state index contributed by atoms with van der Waals surface area (Å²) in [6.45, 7) is 9.67. The molecule has 1 unspecified atom stereocenters. The van der Waals surface area contributed by atoms with Crippen LogP contribution in [-0.4, -0.2) is 45.7 Å². The second kappa shape index (κ2) is 8.62. The molecule has 1 aromatic carbocycles. The van der Waals surface area contributed by atoms with Crippen LogP contribution in [0.1, 0.15) is 32.4 Å². The van der Waals surface area contributed by atoms with E-state index in [1.165, 1.54) is 5.56 Å². The van der Waals surface area contributed by atoms with Crippen LogP contribution in [0.3, 0.4) is 0 Å². The van der Waals surface area contributed by atoms with Crippen LogP contribution >= 0.6 is 11.6 Å². The summed E-state index contributed by atoms with van der Waals surface area (Å²) in [6, 6.07) is 6.73. The molecular weight excluding hydrogens is 282 g/mol. The van der Waals surface area contributed by atoms with Crippen LogP contribution in [0.5, 0.6) is 0 Å². The second-order valence-electron chi connectivity index (χ2n) is 6.36. The topological polar surface area (TPSA) is 18.5 Å². The predicted molar refractivity (Wildman–Crippen MR) is 94.5 cm³/mol. The van der Waals surface area contributed by atoms with Gasteiger partial charge in [-0.05, 0) is 51.7 Å². The number of hydrogen-bond acceptors (Lipinski definition) is 3. The molecule has 0 aromatic heterocycles. The van der Waals surface area contributed by atoms with Crippen molar-refractivity contribution in [2.24, 2.45) is 5.92 Å². The van der Waals surface area contributed by atoms with Gasteiger partial charge in [0.1, 0.15) is 0 Å². The largest absolute Gasteiger partial charge is 0.369 e. The number of rotatable bonds is 8. The van der Waals surface area contributed by atoms with Gasteiger partial charge in [0.2, 0.25) is 0 Å². The van der Waals surface area contributed by atoms with E-state index in [2.05, 4.69) is 68.2 Å². The summed E-state index contributed by atoms with van der Waals surface area (Å²) in [6.07, 6.45) is 0. The van der Waals surface area contributed by atoms with Crippen molar-refractivity contribution in [1.29, 1.82) is 0 Å². The Labute approximate surface area is 135 Å². The van der Waals surface area contributed by atoms with Crippen LogP contribution < -0.4 is 10.2 Å². The third-order valence-corrected chi connectivity index (χ3v) is 3.95. The zero-order chi connectivity index (χ0) is 16.0. The molecule has 0 aliphatic rings. The molecule has 0 aliphatic heterocycles. The first-order valence-electron chi connectivity index (χ1n) is 7.71. The molecule has 1 N–H and O–H groups in total. The lowest BCUT2D eigenvalue weighted by molar-refractivity contribution is 0.409. The summed E-state index contributed by atoms with van der Waals surface area (Å²) in [5.41, 5.74) is 2.36. The van der Waals surface area contributed by atoms with Crippen molar-refractivity contribution in [3.63, 3.8) is 0 Å². The van der Waals surface area contributed by atoms with Gasteiger partial charge in [-0.15, -0.1) is 0 Å². The maximum atomic E-state index is 6.54. The van der Waals surface area contributed by atoms with Gasteiger partial charge in [0.05, 0.1) is 10.7 Å². The minimum atomic E-state index is 0.317. The second-order valence-corrected chi connectivity index (χ2v) is 6.77. The number of nitrogens with one attached hydrogen (secondary N) is 1. The van der Waals surface area contributed by atoms with Crippen LogP contribution in [0.4, 0.5) is 5.69 Å². The molecule has 0 saturated heterocycles. The van der Waals surface area contributed by atoms with Gasteiger partial charge in [0, 0.05) is 25.7 Å². The summed E-state index contributed by atoms with van der Waals surface area (Å²) in [5.74, 6) is 0.610. The normalized spacial score (nSPS) is 13.0. The fourth-order valence-electron chi connectivity index (χ4n) is 2.29. The lowest BCUT2D eigenvalue weighted by Crippen LogP contribution is -2.34. The third-order valence-electron chi connectivity index (χ3n) is 3.65. The number of anilines is 1. The summed E-state index contributed by atoms with van der Waals surface area (Å²) in [5, 5.41) is 4.09. The van der Waals surface area contributed by atoms with E-state index in [-0.39, 0.29) is 0 Å². The Morgan fingerprint density at radius 3 is 2.29 bits per heavy atom. The van der Waals surface area contributed by atoms with Gasteiger partial charge >= 0.3 is 0 Å². The molecule has 0 fully saturated rings. The van der Waals surface area contributed by atoms with E-state index >= 15 is 0 Å². The monoisotopic (exact) mass is 311 g/mol. The number of benzene rings is 1. The highest BCUT2D eigenvalue weighted by atomic mass is 35.5. The van der Waals surface area contributed by atoms with Gasteiger partial charge in [0.15, 0.2) is 0 Å². The lowest BCUT2D eigenvalue weighted by Gasteiger charge is -2.29. The van der Waals surface area contributed by atoms with Crippen LogP contribution in [0.2, 0.25) is 5.02 Å². The molecule has 21 heavy (non-hydrogen) atoms. The molecule has 0 aliphatic carbocycles. The highest BCUT2D eigenvalue weighted by Crippen LogP contribution is 2.29. The SMILES string of the molecule is CNC(C)c1ccc(N(CCN(C)C)CC(C)C)c(Cl)c1. The van der Waals surface area contributed by atoms with Crippen molar-refractivity contribution in [2.45, 2.75) is 26.8 Å². The number of likely N-dealkylation sites (N-methyl/N-ethyl adjacent to an activating group) is 1. The van der Waals surface area contributed by atoms with Gasteiger partial charge in [-0.1, -0.05) is 31.5 Å². The average molecular weight is 312 g/mol. The molecule has 0 radical (unpaired) electrons. The molecule has 1 aromatic rings. The molecule has 0 saturated carbocycles. The Morgan fingerprint density at radius 1 is 1.14 bits per heavy atom. The smallest absolute Gasteiger partial charge is 0.0642 e. The fourth-order valence-corrected chi connectivity index (χ4v) is 2.60. The van der Waals surface area contributed by atoms with Gasteiger partial charge < -0.3 is 15.1 Å². The summed E-state index contributed by atoms with van der Waals surface area (Å²) in [7, 11) is 6.17. The van der Waals surface area contributed by atoms with Crippen LogP contribution in [-0.2, 0) is 0 Å². The first-order chi connectivity index (χ1) is 9.85. The molecule has 0 amide bonds. The standard InChI is InChI=1S/C17H30ClN3/c1-13(2)12-21(10-9-20(5)6)17-8-7-15(11-16(17)18)14(3)19-4/h7-8,11,13-14,19H,9-10,12H2,1-6H3. The predicted octanol–water partition coefficient (Wildman–Crippen LogP) is 3.64. The van der Waals surface area contributed by atoms with E-state index in [1.807, 2.05) is 7.05 Å².